The van der Waals surface area contributed by atoms with Gasteiger partial charge in [0.15, 0.2) is 0 Å². The molecule has 10 heteroatoms. The van der Waals surface area contributed by atoms with Crippen LogP contribution < -0.4 is 9.80 Å². The number of anilines is 2. The van der Waals surface area contributed by atoms with Crippen molar-refractivity contribution in [3.05, 3.63) is 59.7 Å². The quantitative estimate of drug-likeness (QED) is 0.700. The fourth-order valence-electron chi connectivity index (χ4n) is 4.46. The number of benzene rings is 2. The molecule has 5 rings (SSSR count). The van der Waals surface area contributed by atoms with Crippen molar-refractivity contribution in [1.82, 2.24) is 4.90 Å². The number of amides is 2. The number of hydrogen-bond acceptors (Lipinski definition) is 5. The molecule has 0 radical (unpaired) electrons. The number of fused-ring (bicyclic) bond motifs is 2. The van der Waals surface area contributed by atoms with Crippen molar-refractivity contribution >= 4 is 35.0 Å². The number of nitrogens with zero attached hydrogens (tertiary/aromatic N) is 3. The topological polar surface area (TPSA) is 53.1 Å². The summed E-state index contributed by atoms with van der Waals surface area (Å²) >= 11 is 1.15. The number of halogens is 3. The molecule has 3 aliphatic rings. The second kappa shape index (κ2) is 7.79. The SMILES string of the molecule is O=C1CS[C@@]2(C(=O)N(CN3CCOCC3)c3ccccc32)N1c1cccc(C(F)(F)F)c1. The Morgan fingerprint density at radius 1 is 1.03 bits per heavy atom. The normalized spacial score (nSPS) is 24.0. The first-order valence-corrected chi connectivity index (χ1v) is 11.2. The number of hydrogen-bond donors (Lipinski definition) is 0. The van der Waals surface area contributed by atoms with Crippen LogP contribution in [0.2, 0.25) is 0 Å². The van der Waals surface area contributed by atoms with Gasteiger partial charge in [0.1, 0.15) is 0 Å². The fraction of sp³-hybridized carbons (Fsp3) is 0.364. The number of thioether (sulfide) groups is 1. The van der Waals surface area contributed by atoms with E-state index in [1.807, 2.05) is 12.1 Å². The maximum atomic E-state index is 13.9. The van der Waals surface area contributed by atoms with Gasteiger partial charge in [-0.1, -0.05) is 24.3 Å². The van der Waals surface area contributed by atoms with Crippen LogP contribution in [-0.4, -0.2) is 55.4 Å². The zero-order valence-corrected chi connectivity index (χ0v) is 17.8. The number of carbonyl (C=O) groups is 2. The molecule has 1 spiro atoms. The summed E-state index contributed by atoms with van der Waals surface area (Å²) in [5, 5.41) is 0. The van der Waals surface area contributed by atoms with E-state index in [-0.39, 0.29) is 17.3 Å². The first kappa shape index (κ1) is 21.3. The highest BCUT2D eigenvalue weighted by molar-refractivity contribution is 8.02. The summed E-state index contributed by atoms with van der Waals surface area (Å²) < 4.78 is 45.5. The molecule has 1 atom stereocenters. The highest BCUT2D eigenvalue weighted by Crippen LogP contribution is 2.55. The Morgan fingerprint density at radius 3 is 2.53 bits per heavy atom. The number of rotatable bonds is 3. The molecule has 3 aliphatic heterocycles. The van der Waals surface area contributed by atoms with Gasteiger partial charge in [0.2, 0.25) is 10.8 Å². The van der Waals surface area contributed by atoms with Crippen LogP contribution in [-0.2, 0) is 25.4 Å². The van der Waals surface area contributed by atoms with E-state index in [0.29, 0.717) is 44.2 Å². The highest BCUT2D eigenvalue weighted by Gasteiger charge is 2.61. The summed E-state index contributed by atoms with van der Waals surface area (Å²) in [6.07, 6.45) is -4.56. The van der Waals surface area contributed by atoms with Crippen molar-refractivity contribution in [1.29, 1.82) is 0 Å². The Hall–Kier alpha value is -2.56. The van der Waals surface area contributed by atoms with Crippen LogP contribution in [0.25, 0.3) is 0 Å². The first-order valence-electron chi connectivity index (χ1n) is 10.2. The van der Waals surface area contributed by atoms with Crippen LogP contribution >= 0.6 is 11.8 Å². The van der Waals surface area contributed by atoms with E-state index in [4.69, 9.17) is 4.74 Å². The molecule has 2 saturated heterocycles. The Morgan fingerprint density at radius 2 is 1.78 bits per heavy atom. The molecule has 0 unspecified atom stereocenters. The molecule has 0 saturated carbocycles. The molecule has 6 nitrogen and oxygen atoms in total. The van der Waals surface area contributed by atoms with Gasteiger partial charge in [0.25, 0.3) is 5.91 Å². The monoisotopic (exact) mass is 463 g/mol. The smallest absolute Gasteiger partial charge is 0.379 e. The zero-order chi connectivity index (χ0) is 22.5. The first-order chi connectivity index (χ1) is 15.3. The molecule has 0 aliphatic carbocycles. The Kier molecular flexibility index (Phi) is 5.18. The predicted molar refractivity (Wildman–Crippen MR) is 114 cm³/mol. The van der Waals surface area contributed by atoms with Crippen LogP contribution in [0, 0.1) is 0 Å². The van der Waals surface area contributed by atoms with Gasteiger partial charge in [-0.2, -0.15) is 13.2 Å². The number of ether oxygens (including phenoxy) is 1. The van der Waals surface area contributed by atoms with E-state index < -0.39 is 22.5 Å². The van der Waals surface area contributed by atoms with Gasteiger partial charge in [-0.25, -0.2) is 0 Å². The lowest BCUT2D eigenvalue weighted by molar-refractivity contribution is -0.137. The largest absolute Gasteiger partial charge is 0.416 e. The van der Waals surface area contributed by atoms with Crippen molar-refractivity contribution < 1.29 is 27.5 Å². The van der Waals surface area contributed by atoms with E-state index in [1.54, 1.807) is 17.0 Å². The lowest BCUT2D eigenvalue weighted by Gasteiger charge is -2.35. The molecule has 168 valence electrons. The van der Waals surface area contributed by atoms with Crippen LogP contribution in [0.3, 0.4) is 0 Å². The number of carbonyl (C=O) groups excluding carboxylic acids is 2. The molecular formula is C22H20F3N3O3S. The summed E-state index contributed by atoms with van der Waals surface area (Å²) in [6.45, 7) is 2.80. The third-order valence-electron chi connectivity index (χ3n) is 5.94. The highest BCUT2D eigenvalue weighted by atomic mass is 32.2. The minimum atomic E-state index is -4.56. The Balaban J connectivity index is 1.59. The summed E-state index contributed by atoms with van der Waals surface area (Å²) in [4.78, 5) is 30.4. The lowest BCUT2D eigenvalue weighted by Crippen LogP contribution is -2.52. The molecule has 2 fully saturated rings. The molecule has 32 heavy (non-hydrogen) atoms. The minimum Gasteiger partial charge on any atom is -0.379 e. The molecule has 0 bridgehead atoms. The van der Waals surface area contributed by atoms with Gasteiger partial charge >= 0.3 is 6.18 Å². The summed E-state index contributed by atoms with van der Waals surface area (Å²) in [7, 11) is 0. The minimum absolute atomic E-state index is 0.00170. The fourth-order valence-corrected chi connectivity index (χ4v) is 5.82. The number of alkyl halides is 3. The lowest BCUT2D eigenvalue weighted by atomic mass is 10.0. The van der Waals surface area contributed by atoms with Crippen LogP contribution in [0.4, 0.5) is 24.5 Å². The maximum absolute atomic E-state index is 13.9. The van der Waals surface area contributed by atoms with Crippen molar-refractivity contribution in [3.63, 3.8) is 0 Å². The molecule has 0 aromatic heterocycles. The van der Waals surface area contributed by atoms with Gasteiger partial charge in [-0.15, -0.1) is 11.8 Å². The average molecular weight is 463 g/mol. The van der Waals surface area contributed by atoms with E-state index in [0.717, 1.165) is 23.9 Å². The van der Waals surface area contributed by atoms with Gasteiger partial charge in [0, 0.05) is 24.3 Å². The van der Waals surface area contributed by atoms with Crippen molar-refractivity contribution in [3.8, 4) is 0 Å². The average Bonchev–Trinajstić information content (AvgIpc) is 3.25. The van der Waals surface area contributed by atoms with E-state index in [2.05, 4.69) is 4.90 Å². The third kappa shape index (κ3) is 3.28. The van der Waals surface area contributed by atoms with Crippen LogP contribution in [0.5, 0.6) is 0 Å². The summed E-state index contributed by atoms with van der Waals surface area (Å²) in [6, 6.07) is 11.8. The van der Waals surface area contributed by atoms with Gasteiger partial charge < -0.3 is 4.74 Å². The third-order valence-corrected chi connectivity index (χ3v) is 7.33. The standard InChI is InChI=1S/C22H20F3N3O3S/c23-22(24,25)15-4-3-5-16(12-15)28-19(29)13-32-21(28)17-6-1-2-7-18(17)27(20(21)30)14-26-8-10-31-11-9-26/h1-7,12H,8-11,13-14H2/t21-/m0/s1. The number of para-hydroxylation sites is 1. The van der Waals surface area contributed by atoms with Crippen LogP contribution in [0.1, 0.15) is 11.1 Å². The Bertz CT molecular complexity index is 1070. The molecule has 2 aromatic rings. The van der Waals surface area contributed by atoms with Crippen molar-refractivity contribution in [2.24, 2.45) is 0 Å². The predicted octanol–water partition coefficient (Wildman–Crippen LogP) is 3.27. The molecule has 2 amide bonds. The van der Waals surface area contributed by atoms with Gasteiger partial charge in [-0.05, 0) is 24.3 Å². The summed E-state index contributed by atoms with van der Waals surface area (Å²) in [5.41, 5.74) is 0.486. The van der Waals surface area contributed by atoms with Crippen molar-refractivity contribution in [2.75, 3.05) is 48.5 Å². The van der Waals surface area contributed by atoms with Gasteiger partial charge in [0.05, 0.1) is 36.9 Å². The van der Waals surface area contributed by atoms with Gasteiger partial charge in [-0.3, -0.25) is 24.3 Å². The molecular weight excluding hydrogens is 443 g/mol. The van der Waals surface area contributed by atoms with E-state index >= 15 is 0 Å². The Labute approximate surface area is 186 Å². The zero-order valence-electron chi connectivity index (χ0n) is 17.0. The van der Waals surface area contributed by atoms with E-state index in [1.165, 1.54) is 17.0 Å². The molecule has 3 heterocycles. The molecule has 2 aromatic carbocycles. The molecule has 0 N–H and O–H groups in total. The second-order valence-electron chi connectivity index (χ2n) is 7.83. The van der Waals surface area contributed by atoms with Crippen molar-refractivity contribution in [2.45, 2.75) is 11.0 Å². The maximum Gasteiger partial charge on any atom is 0.416 e. The van der Waals surface area contributed by atoms with Crippen LogP contribution in [0.15, 0.2) is 48.5 Å². The number of morpholine rings is 1. The summed E-state index contributed by atoms with van der Waals surface area (Å²) in [5.74, 6) is -0.717. The van der Waals surface area contributed by atoms with E-state index in [9.17, 15) is 22.8 Å². The second-order valence-corrected chi connectivity index (χ2v) is 9.00.